The Morgan fingerprint density at radius 1 is 0.871 bits per heavy atom. The lowest BCUT2D eigenvalue weighted by atomic mass is 9.68. The van der Waals surface area contributed by atoms with Crippen LogP contribution in [0.15, 0.2) is 84.7 Å². The summed E-state index contributed by atoms with van der Waals surface area (Å²) in [7, 11) is 0. The predicted molar refractivity (Wildman–Crippen MR) is 239 cm³/mol. The third kappa shape index (κ3) is 8.90. The van der Waals surface area contributed by atoms with E-state index in [1.54, 1.807) is 24.4 Å². The van der Waals surface area contributed by atoms with Crippen molar-refractivity contribution in [1.82, 2.24) is 9.97 Å². The van der Waals surface area contributed by atoms with Crippen LogP contribution < -0.4 is 9.72 Å². The lowest BCUT2D eigenvalue weighted by Gasteiger charge is -2.39. The van der Waals surface area contributed by atoms with Crippen LogP contribution in [-0.4, -0.2) is 61.8 Å². The molecule has 3 atom stereocenters. The molecule has 1 fully saturated rings. The molecule has 10 nitrogen and oxygen atoms in total. The van der Waals surface area contributed by atoms with Gasteiger partial charge in [0.1, 0.15) is 17.3 Å². The number of nitrogens with one attached hydrogen (secondary N) is 1. The number of carbonyl (C=O) groups excluding carboxylic acids is 2. The van der Waals surface area contributed by atoms with Crippen molar-refractivity contribution in [3.8, 4) is 17.2 Å². The molecular formula is C52H55N3O7-2. The van der Waals surface area contributed by atoms with Gasteiger partial charge in [-0.2, -0.15) is 6.20 Å². The monoisotopic (exact) mass is 833 g/mol. The van der Waals surface area contributed by atoms with Crippen LogP contribution in [0.2, 0.25) is 0 Å². The Labute approximate surface area is 362 Å². The summed E-state index contributed by atoms with van der Waals surface area (Å²) >= 11 is 0. The minimum absolute atomic E-state index is 0.0222. The first-order valence-corrected chi connectivity index (χ1v) is 22.3. The number of fused-ring (bicyclic) bond motifs is 8. The minimum Gasteiger partial charge on any atom is -0.664 e. The number of aryl methyl sites for hydroxylation is 3. The highest BCUT2D eigenvalue weighted by Gasteiger charge is 2.40. The summed E-state index contributed by atoms with van der Waals surface area (Å²) in [6, 6.07) is 19.5. The number of ketones is 2. The van der Waals surface area contributed by atoms with Crippen molar-refractivity contribution in [2.24, 2.45) is 5.92 Å². The molecule has 10 heteroatoms. The Bertz CT molecular complexity index is 2520. The molecule has 0 saturated heterocycles. The van der Waals surface area contributed by atoms with Gasteiger partial charge in [-0.25, -0.2) is 0 Å². The van der Waals surface area contributed by atoms with Crippen molar-refractivity contribution in [1.29, 1.82) is 0 Å². The number of H-pyrrole nitrogens is 1. The van der Waals surface area contributed by atoms with Gasteiger partial charge in [-0.15, -0.1) is 5.69 Å². The van der Waals surface area contributed by atoms with Gasteiger partial charge >= 0.3 is 0 Å². The van der Waals surface area contributed by atoms with Gasteiger partial charge in [0, 0.05) is 36.5 Å². The quantitative estimate of drug-likeness (QED) is 0.101. The highest BCUT2D eigenvalue weighted by atomic mass is 16.5. The molecule has 5 aromatic rings. The number of aliphatic hydroxyl groups excluding tert-OH is 1. The van der Waals surface area contributed by atoms with Crippen molar-refractivity contribution < 1.29 is 34.8 Å². The third-order valence-corrected chi connectivity index (χ3v) is 13.5. The maximum absolute atomic E-state index is 14.8. The standard InChI is InChI=1S/C52H55N3O7/c56-22-4-6-34-12-10-32-23-37(34)27-36-16-20-54-51(36)55-31-39-28-45-43(17-21-53-45)44(30-52(61)18-14-35-5-3-9-46(58)42(35)15-19-52)49(39)47(59)29-40(57)13-11-33-25-38(24-32)50(60)48(26-33)62-41-7-1-2-8-41/h3,5,9-10,12,15-17,19-21,23,25-26,28,41,44,49,54,56,58,60-61H,1-2,4,6-8,11,13-14,18,22,24,27,29-31H2/q-2. The van der Waals surface area contributed by atoms with Gasteiger partial charge in [-0.05, 0) is 129 Å². The number of rotatable bonds is 7. The van der Waals surface area contributed by atoms with Crippen LogP contribution in [0.1, 0.15) is 119 Å². The summed E-state index contributed by atoms with van der Waals surface area (Å²) in [5.74, 6) is -0.259. The summed E-state index contributed by atoms with van der Waals surface area (Å²) in [5.41, 5.74) is 8.42. The van der Waals surface area contributed by atoms with E-state index in [2.05, 4.69) is 28.2 Å². The Morgan fingerprint density at radius 3 is 2.58 bits per heavy atom. The number of ether oxygens (including phenoxy) is 1. The average Bonchev–Trinajstić information content (AvgIpc) is 4.03. The van der Waals surface area contributed by atoms with E-state index >= 15 is 0 Å². The molecule has 3 aromatic carbocycles. The normalized spacial score (nSPS) is 21.9. The van der Waals surface area contributed by atoms with Gasteiger partial charge in [-0.1, -0.05) is 89.9 Å². The number of aromatic amines is 1. The van der Waals surface area contributed by atoms with E-state index in [1.807, 2.05) is 48.7 Å². The molecular weight excluding hydrogens is 779 g/mol. The van der Waals surface area contributed by atoms with Crippen molar-refractivity contribution in [2.75, 3.05) is 13.2 Å². The molecule has 62 heavy (non-hydrogen) atoms. The molecule has 2 aromatic heterocycles. The second-order valence-electron chi connectivity index (χ2n) is 17.8. The number of phenolic OH excluding ortho intramolecular Hbond substituents is 2. The van der Waals surface area contributed by atoms with Crippen LogP contribution in [0, 0.1) is 5.92 Å². The van der Waals surface area contributed by atoms with Crippen molar-refractivity contribution in [3.63, 3.8) is 0 Å². The predicted octanol–water partition coefficient (Wildman–Crippen LogP) is 8.87. The van der Waals surface area contributed by atoms with Gasteiger partial charge in [0.05, 0.1) is 18.1 Å². The first kappa shape index (κ1) is 41.5. The lowest BCUT2D eigenvalue weighted by Crippen LogP contribution is -2.36. The van der Waals surface area contributed by atoms with E-state index in [0.717, 1.165) is 75.9 Å². The summed E-state index contributed by atoms with van der Waals surface area (Å²) < 4.78 is 6.43. The number of Topliss-reactive ketones (excluding diaryl/α,β-unsaturated/α-hetero) is 2. The van der Waals surface area contributed by atoms with Crippen molar-refractivity contribution >= 4 is 29.5 Å². The van der Waals surface area contributed by atoms with Gasteiger partial charge in [0.25, 0.3) is 0 Å². The topological polar surface area (TPSA) is 168 Å². The van der Waals surface area contributed by atoms with E-state index in [1.165, 1.54) is 0 Å². The number of phenols is 2. The second-order valence-corrected chi connectivity index (χ2v) is 17.8. The summed E-state index contributed by atoms with van der Waals surface area (Å²) in [6.07, 6.45) is 16.8. The maximum atomic E-state index is 14.8. The number of aromatic hydroxyl groups is 2. The first-order valence-electron chi connectivity index (χ1n) is 22.3. The number of nitrogens with zero attached hydrogens (tertiary/aromatic N) is 2. The molecule has 0 amide bonds. The molecule has 3 heterocycles. The Balaban J connectivity index is 1.09. The molecule has 5 N–H and O–H groups in total. The molecule has 1 saturated carbocycles. The van der Waals surface area contributed by atoms with E-state index < -0.39 is 17.4 Å². The van der Waals surface area contributed by atoms with Gasteiger partial charge in [0.2, 0.25) is 0 Å². The molecule has 0 spiro atoms. The van der Waals surface area contributed by atoms with Crippen molar-refractivity contribution in [2.45, 2.75) is 108 Å². The van der Waals surface area contributed by atoms with Crippen LogP contribution in [0.3, 0.4) is 0 Å². The van der Waals surface area contributed by atoms with Crippen LogP contribution in [0.25, 0.3) is 17.5 Å². The van der Waals surface area contributed by atoms with Gasteiger partial charge < -0.3 is 40.4 Å². The SMILES string of the molecule is O=C1CCc2cc(c(O)c(OC3CCCC3)c2)Cc2ccc(CCCO)c(c2)Cc2cc[nH]c2[N-]CC2=Cc3[n-]ccc3C(CC3(O)C=Cc4c(O)cccc4CC3)C2C(=O)C1. The molecule has 4 aliphatic rings. The Morgan fingerprint density at radius 2 is 1.73 bits per heavy atom. The number of hydrogen-bond donors (Lipinski definition) is 5. The van der Waals surface area contributed by atoms with E-state index in [-0.39, 0.29) is 61.6 Å². The minimum atomic E-state index is -1.32. The van der Waals surface area contributed by atoms with Gasteiger partial charge in [-0.3, -0.25) is 9.59 Å². The summed E-state index contributed by atoms with van der Waals surface area (Å²) in [5, 5.41) is 49.5. The molecule has 9 rings (SSSR count). The number of benzene rings is 3. The first-order chi connectivity index (χ1) is 30.1. The highest BCUT2D eigenvalue weighted by Crippen LogP contribution is 2.47. The summed E-state index contributed by atoms with van der Waals surface area (Å²) in [6.45, 7) is 0.264. The van der Waals surface area contributed by atoms with Crippen LogP contribution >= 0.6 is 0 Å². The Hall–Kier alpha value is -5.84. The smallest absolute Gasteiger partial charge is 0.161 e. The molecule has 322 valence electrons. The van der Waals surface area contributed by atoms with Crippen LogP contribution in [0.5, 0.6) is 17.2 Å². The third-order valence-electron chi connectivity index (χ3n) is 13.5. The maximum Gasteiger partial charge on any atom is 0.161 e. The Kier molecular flexibility index (Phi) is 12.0. The average molecular weight is 834 g/mol. The van der Waals surface area contributed by atoms with Crippen molar-refractivity contribution in [3.05, 3.63) is 146 Å². The molecule has 0 radical (unpaired) electrons. The van der Waals surface area contributed by atoms with E-state index in [0.29, 0.717) is 67.6 Å². The zero-order chi connectivity index (χ0) is 42.8. The molecule has 4 bridgehead atoms. The zero-order valence-corrected chi connectivity index (χ0v) is 35.1. The van der Waals surface area contributed by atoms with Gasteiger partial charge in [0.15, 0.2) is 11.5 Å². The molecule has 1 aliphatic heterocycles. The van der Waals surface area contributed by atoms with E-state index in [9.17, 15) is 30.0 Å². The fourth-order valence-electron chi connectivity index (χ4n) is 10.2. The molecule has 3 unspecified atom stereocenters. The largest absolute Gasteiger partial charge is 0.664 e. The number of carbonyl (C=O) groups is 2. The summed E-state index contributed by atoms with van der Waals surface area (Å²) in [4.78, 5) is 36.8. The fraction of sp³-hybridized carbons (Fsp3) is 0.385. The van der Waals surface area contributed by atoms with E-state index in [4.69, 9.17) is 10.1 Å². The van der Waals surface area contributed by atoms with Crippen LogP contribution in [0.4, 0.5) is 5.82 Å². The second kappa shape index (κ2) is 17.9. The number of aliphatic hydroxyl groups is 2. The highest BCUT2D eigenvalue weighted by molar-refractivity contribution is 6.02. The number of aromatic nitrogens is 2. The zero-order valence-electron chi connectivity index (χ0n) is 35.1. The van der Waals surface area contributed by atoms with Crippen LogP contribution in [-0.2, 0) is 41.7 Å². The number of hydrogen-bond acceptors (Lipinski definition) is 7. The molecule has 3 aliphatic carbocycles. The fourth-order valence-corrected chi connectivity index (χ4v) is 10.2. The lowest BCUT2D eigenvalue weighted by molar-refractivity contribution is -0.129.